The summed E-state index contributed by atoms with van der Waals surface area (Å²) in [6.45, 7) is 2.18. The third kappa shape index (κ3) is 27.6. The summed E-state index contributed by atoms with van der Waals surface area (Å²) in [6.07, 6.45) is 8.27. The molecule has 0 atom stereocenters. The minimum Gasteiger partial charge on any atom is -0.481 e. The van der Waals surface area contributed by atoms with Gasteiger partial charge in [-0.25, -0.2) is 0 Å². The second-order valence-corrected chi connectivity index (χ2v) is 4.91. The lowest BCUT2D eigenvalue weighted by Gasteiger charge is -1.97. The van der Waals surface area contributed by atoms with Crippen LogP contribution in [0.4, 0.5) is 0 Å². The fraction of sp³-hybridized carbons (Fsp3) is 0.800. The molecule has 0 radical (unpaired) electrons. The van der Waals surface area contributed by atoms with Gasteiger partial charge in [-0.3, -0.25) is 14.4 Å². The summed E-state index contributed by atoms with van der Waals surface area (Å²) in [4.78, 5) is 29.9. The highest BCUT2D eigenvalue weighted by molar-refractivity contribution is 5.68. The van der Waals surface area contributed by atoms with Crippen molar-refractivity contribution in [3.63, 3.8) is 0 Å². The number of aliphatic carboxylic acids is 3. The van der Waals surface area contributed by atoms with Gasteiger partial charge in [-0.2, -0.15) is 0 Å². The van der Waals surface area contributed by atoms with E-state index < -0.39 is 17.9 Å². The van der Waals surface area contributed by atoms with Crippen molar-refractivity contribution in [2.75, 3.05) is 0 Å². The SMILES string of the molecule is CCCCCCCCC(=O)O.O=C(O)CCCCC(=O)O. The van der Waals surface area contributed by atoms with Crippen LogP contribution in [0, 0.1) is 0 Å². The van der Waals surface area contributed by atoms with E-state index in [4.69, 9.17) is 15.3 Å². The molecule has 0 fully saturated rings. The Kier molecular flexibility index (Phi) is 17.0. The molecule has 6 nitrogen and oxygen atoms in total. The first-order chi connectivity index (χ1) is 9.90. The van der Waals surface area contributed by atoms with Crippen molar-refractivity contribution in [2.24, 2.45) is 0 Å². The van der Waals surface area contributed by atoms with E-state index in [1.165, 1.54) is 25.7 Å². The van der Waals surface area contributed by atoms with E-state index in [0.29, 0.717) is 19.3 Å². The molecular formula is C15H28O6. The average molecular weight is 304 g/mol. The van der Waals surface area contributed by atoms with E-state index in [1.54, 1.807) is 0 Å². The highest BCUT2D eigenvalue weighted by atomic mass is 16.4. The minimum atomic E-state index is -0.870. The molecule has 0 rings (SSSR count). The van der Waals surface area contributed by atoms with Crippen LogP contribution in [0.2, 0.25) is 0 Å². The van der Waals surface area contributed by atoms with Crippen molar-refractivity contribution in [2.45, 2.75) is 77.6 Å². The van der Waals surface area contributed by atoms with Gasteiger partial charge in [0.1, 0.15) is 0 Å². The van der Waals surface area contributed by atoms with Crippen LogP contribution < -0.4 is 0 Å². The Hall–Kier alpha value is -1.59. The molecule has 0 aromatic rings. The molecule has 0 aliphatic carbocycles. The molecule has 0 spiro atoms. The molecule has 124 valence electrons. The summed E-state index contributed by atoms with van der Waals surface area (Å²) in [7, 11) is 0. The first kappa shape index (κ1) is 21.7. The Morgan fingerprint density at radius 2 is 0.857 bits per heavy atom. The zero-order valence-electron chi connectivity index (χ0n) is 12.8. The highest BCUT2D eigenvalue weighted by Gasteiger charge is 1.99. The Balaban J connectivity index is 0. The van der Waals surface area contributed by atoms with Gasteiger partial charge in [0.2, 0.25) is 0 Å². The van der Waals surface area contributed by atoms with Crippen LogP contribution in [0.1, 0.15) is 77.6 Å². The molecule has 0 amide bonds. The van der Waals surface area contributed by atoms with Gasteiger partial charge in [0, 0.05) is 19.3 Å². The zero-order valence-corrected chi connectivity index (χ0v) is 12.8. The predicted molar refractivity (Wildman–Crippen MR) is 79.4 cm³/mol. The van der Waals surface area contributed by atoms with Crippen LogP contribution in [0.15, 0.2) is 0 Å². The van der Waals surface area contributed by atoms with Crippen molar-refractivity contribution >= 4 is 17.9 Å². The summed E-state index contributed by atoms with van der Waals surface area (Å²) in [5.41, 5.74) is 0. The van der Waals surface area contributed by atoms with Crippen molar-refractivity contribution in [1.29, 1.82) is 0 Å². The third-order valence-electron chi connectivity index (χ3n) is 2.78. The summed E-state index contributed by atoms with van der Waals surface area (Å²) in [5.74, 6) is -2.41. The molecule has 0 aliphatic rings. The fourth-order valence-electron chi connectivity index (χ4n) is 1.61. The van der Waals surface area contributed by atoms with Crippen LogP contribution in [0.25, 0.3) is 0 Å². The second-order valence-electron chi connectivity index (χ2n) is 4.91. The Labute approximate surface area is 126 Å². The van der Waals surface area contributed by atoms with Crippen molar-refractivity contribution in [1.82, 2.24) is 0 Å². The number of carboxylic acid groups (broad SMARTS) is 3. The van der Waals surface area contributed by atoms with Gasteiger partial charge in [0.25, 0.3) is 0 Å². The van der Waals surface area contributed by atoms with Crippen molar-refractivity contribution in [3.8, 4) is 0 Å². The van der Waals surface area contributed by atoms with Crippen LogP contribution in [-0.2, 0) is 14.4 Å². The van der Waals surface area contributed by atoms with Gasteiger partial charge >= 0.3 is 17.9 Å². The smallest absolute Gasteiger partial charge is 0.303 e. The Morgan fingerprint density at radius 1 is 0.571 bits per heavy atom. The Bertz CT molecular complexity index is 272. The first-order valence-electron chi connectivity index (χ1n) is 7.55. The van der Waals surface area contributed by atoms with E-state index in [9.17, 15) is 14.4 Å². The van der Waals surface area contributed by atoms with Gasteiger partial charge in [-0.05, 0) is 19.3 Å². The molecule has 0 aromatic carbocycles. The molecule has 0 aliphatic heterocycles. The van der Waals surface area contributed by atoms with E-state index in [1.807, 2.05) is 0 Å². The summed E-state index contributed by atoms with van der Waals surface area (Å²) >= 11 is 0. The first-order valence-corrected chi connectivity index (χ1v) is 7.55. The highest BCUT2D eigenvalue weighted by Crippen LogP contribution is 2.06. The van der Waals surface area contributed by atoms with Gasteiger partial charge < -0.3 is 15.3 Å². The van der Waals surface area contributed by atoms with E-state index in [2.05, 4.69) is 6.92 Å². The number of rotatable bonds is 12. The predicted octanol–water partition coefficient (Wildman–Crippen LogP) is 3.54. The average Bonchev–Trinajstić information content (AvgIpc) is 2.39. The standard InChI is InChI=1S/C9H18O2.C6H10O4/c1-2-3-4-5-6-7-8-9(10)11;7-5(8)3-1-2-4-6(9)10/h2-8H2,1H3,(H,10,11);1-4H2,(H,7,8)(H,9,10). The maximum atomic E-state index is 10.1. The molecule has 0 aromatic heterocycles. The number of carboxylic acids is 3. The number of hydrogen-bond acceptors (Lipinski definition) is 3. The second kappa shape index (κ2) is 16.5. The largest absolute Gasteiger partial charge is 0.481 e. The van der Waals surface area contributed by atoms with Crippen LogP contribution in [0.5, 0.6) is 0 Å². The third-order valence-corrected chi connectivity index (χ3v) is 2.78. The monoisotopic (exact) mass is 304 g/mol. The fourth-order valence-corrected chi connectivity index (χ4v) is 1.61. The molecule has 0 bridgehead atoms. The summed E-state index contributed by atoms with van der Waals surface area (Å²) in [5, 5.41) is 24.6. The molecule has 0 heterocycles. The van der Waals surface area contributed by atoms with Gasteiger partial charge in [-0.15, -0.1) is 0 Å². The van der Waals surface area contributed by atoms with E-state index in [-0.39, 0.29) is 12.8 Å². The lowest BCUT2D eigenvalue weighted by molar-refractivity contribution is -0.139. The van der Waals surface area contributed by atoms with Crippen molar-refractivity contribution < 1.29 is 29.7 Å². The Morgan fingerprint density at radius 3 is 1.19 bits per heavy atom. The maximum absolute atomic E-state index is 10.1. The quantitative estimate of drug-likeness (QED) is 0.475. The molecular weight excluding hydrogens is 276 g/mol. The number of carbonyl (C=O) groups is 3. The van der Waals surface area contributed by atoms with Gasteiger partial charge in [0.15, 0.2) is 0 Å². The lowest BCUT2D eigenvalue weighted by Crippen LogP contribution is -1.97. The van der Waals surface area contributed by atoms with Gasteiger partial charge in [-0.1, -0.05) is 39.0 Å². The minimum absolute atomic E-state index is 0.0628. The zero-order chi connectivity index (χ0) is 16.5. The normalized spacial score (nSPS) is 9.57. The molecule has 0 saturated carbocycles. The van der Waals surface area contributed by atoms with E-state index in [0.717, 1.165) is 12.8 Å². The van der Waals surface area contributed by atoms with Crippen molar-refractivity contribution in [3.05, 3.63) is 0 Å². The molecule has 6 heteroatoms. The lowest BCUT2D eigenvalue weighted by atomic mass is 10.1. The number of unbranched alkanes of at least 4 members (excludes halogenated alkanes) is 6. The molecule has 21 heavy (non-hydrogen) atoms. The van der Waals surface area contributed by atoms with Gasteiger partial charge in [0.05, 0.1) is 0 Å². The summed E-state index contributed by atoms with van der Waals surface area (Å²) < 4.78 is 0. The van der Waals surface area contributed by atoms with Crippen LogP contribution >= 0.6 is 0 Å². The van der Waals surface area contributed by atoms with Crippen LogP contribution in [-0.4, -0.2) is 33.2 Å². The molecule has 0 unspecified atom stereocenters. The maximum Gasteiger partial charge on any atom is 0.303 e. The topological polar surface area (TPSA) is 112 Å². The summed E-state index contributed by atoms with van der Waals surface area (Å²) in [6, 6.07) is 0. The number of hydrogen-bond donors (Lipinski definition) is 3. The molecule has 3 N–H and O–H groups in total. The van der Waals surface area contributed by atoms with E-state index >= 15 is 0 Å². The molecule has 0 saturated heterocycles. The van der Waals surface area contributed by atoms with Crippen LogP contribution in [0.3, 0.4) is 0 Å².